The Labute approximate surface area is 149 Å². The maximum atomic E-state index is 12.7. The van der Waals surface area contributed by atoms with Crippen LogP contribution in [0.15, 0.2) is 17.0 Å². The molecule has 0 radical (unpaired) electrons. The predicted molar refractivity (Wildman–Crippen MR) is 95.7 cm³/mol. The third-order valence-corrected chi connectivity index (χ3v) is 6.36. The number of hydrogen-bond acceptors (Lipinski definition) is 3. The Kier molecular flexibility index (Phi) is 5.94. The normalized spacial score (nSPS) is 18.9. The minimum absolute atomic E-state index is 0.0671. The Morgan fingerprint density at radius 2 is 1.96 bits per heavy atom. The molecule has 0 saturated carbocycles. The van der Waals surface area contributed by atoms with Crippen LogP contribution < -0.4 is 4.72 Å². The van der Waals surface area contributed by atoms with E-state index in [-0.39, 0.29) is 22.8 Å². The van der Waals surface area contributed by atoms with Gasteiger partial charge in [0.25, 0.3) is 0 Å². The van der Waals surface area contributed by atoms with Crippen LogP contribution in [0.4, 0.5) is 0 Å². The van der Waals surface area contributed by atoms with E-state index in [4.69, 9.17) is 11.6 Å². The molecule has 2 rings (SSSR count). The number of halogens is 1. The van der Waals surface area contributed by atoms with Gasteiger partial charge < -0.3 is 4.90 Å². The Bertz CT molecular complexity index is 732. The van der Waals surface area contributed by atoms with E-state index in [9.17, 15) is 13.2 Å². The molecule has 1 aromatic carbocycles. The van der Waals surface area contributed by atoms with Gasteiger partial charge in [0, 0.05) is 30.1 Å². The van der Waals surface area contributed by atoms with E-state index in [0.717, 1.165) is 18.4 Å². The molecule has 1 heterocycles. The number of nitrogens with zero attached hydrogens (tertiary/aromatic N) is 1. The van der Waals surface area contributed by atoms with Crippen molar-refractivity contribution in [1.29, 1.82) is 0 Å². The molecule has 0 aromatic heterocycles. The van der Waals surface area contributed by atoms with Gasteiger partial charge >= 0.3 is 0 Å². The van der Waals surface area contributed by atoms with Crippen LogP contribution in [0.5, 0.6) is 0 Å². The predicted octanol–water partition coefficient (Wildman–Crippen LogP) is 2.88. The first-order chi connectivity index (χ1) is 11.1. The molecule has 1 aromatic rings. The van der Waals surface area contributed by atoms with Gasteiger partial charge in [-0.1, -0.05) is 25.4 Å². The van der Waals surface area contributed by atoms with Crippen LogP contribution in [0.25, 0.3) is 0 Å². The second-order valence-electron chi connectivity index (χ2n) is 6.77. The highest BCUT2D eigenvalue weighted by Crippen LogP contribution is 2.24. The Balaban J connectivity index is 2.17. The smallest absolute Gasteiger partial charge is 0.241 e. The molecule has 24 heavy (non-hydrogen) atoms. The van der Waals surface area contributed by atoms with Crippen molar-refractivity contribution >= 4 is 27.5 Å². The summed E-state index contributed by atoms with van der Waals surface area (Å²) in [6.45, 7) is 8.34. The first-order valence-corrected chi connectivity index (χ1v) is 10.1. The molecule has 1 aliphatic rings. The highest BCUT2D eigenvalue weighted by atomic mass is 35.5. The van der Waals surface area contributed by atoms with E-state index in [1.165, 1.54) is 0 Å². The van der Waals surface area contributed by atoms with E-state index >= 15 is 0 Å². The first-order valence-electron chi connectivity index (χ1n) is 8.19. The molecule has 1 atom stereocenters. The van der Waals surface area contributed by atoms with Crippen molar-refractivity contribution < 1.29 is 13.2 Å². The van der Waals surface area contributed by atoms with Crippen LogP contribution >= 0.6 is 11.6 Å². The maximum Gasteiger partial charge on any atom is 0.241 e. The van der Waals surface area contributed by atoms with Crippen LogP contribution in [0, 0.1) is 19.8 Å². The Morgan fingerprint density at radius 1 is 1.29 bits per heavy atom. The van der Waals surface area contributed by atoms with Gasteiger partial charge in [0.2, 0.25) is 15.9 Å². The minimum Gasteiger partial charge on any atom is -0.341 e. The lowest BCUT2D eigenvalue weighted by Gasteiger charge is -2.34. The number of nitrogens with one attached hydrogen (secondary N) is 1. The van der Waals surface area contributed by atoms with E-state index in [0.29, 0.717) is 23.7 Å². The molecular formula is C17H25ClN2O3S. The van der Waals surface area contributed by atoms with E-state index in [2.05, 4.69) is 4.72 Å². The van der Waals surface area contributed by atoms with E-state index < -0.39 is 10.0 Å². The second kappa shape index (κ2) is 7.42. The van der Waals surface area contributed by atoms with Gasteiger partial charge in [0.05, 0.1) is 4.90 Å². The standard InChI is InChI=1S/C17H25ClN2O3S/c1-11(2)17(21)20-7-5-6-14(10-20)19-24(22,23)16-9-12(3)15(18)8-13(16)4/h8-9,11,14,19H,5-7,10H2,1-4H3. The van der Waals surface area contributed by atoms with Crippen molar-refractivity contribution in [3.63, 3.8) is 0 Å². The average Bonchev–Trinajstić information content (AvgIpc) is 2.49. The van der Waals surface area contributed by atoms with Crippen LogP contribution in [0.3, 0.4) is 0 Å². The van der Waals surface area contributed by atoms with Gasteiger partial charge in [0.1, 0.15) is 0 Å². The number of piperidine rings is 1. The minimum atomic E-state index is -3.65. The zero-order chi connectivity index (χ0) is 18.1. The molecule has 0 aliphatic carbocycles. The van der Waals surface area contributed by atoms with Crippen LogP contribution in [-0.4, -0.2) is 38.4 Å². The number of amides is 1. The maximum absolute atomic E-state index is 12.7. The molecule has 1 unspecified atom stereocenters. The van der Waals surface area contributed by atoms with Crippen molar-refractivity contribution in [3.05, 3.63) is 28.3 Å². The summed E-state index contributed by atoms with van der Waals surface area (Å²) < 4.78 is 28.2. The number of carbonyl (C=O) groups excluding carboxylic acids is 1. The van der Waals surface area contributed by atoms with Crippen LogP contribution in [-0.2, 0) is 14.8 Å². The Morgan fingerprint density at radius 3 is 2.58 bits per heavy atom. The molecular weight excluding hydrogens is 348 g/mol. The lowest BCUT2D eigenvalue weighted by atomic mass is 10.0. The van der Waals surface area contributed by atoms with Gasteiger partial charge in [-0.2, -0.15) is 0 Å². The number of benzene rings is 1. The molecule has 1 N–H and O–H groups in total. The summed E-state index contributed by atoms with van der Waals surface area (Å²) in [4.78, 5) is 14.1. The molecule has 0 bridgehead atoms. The molecule has 7 heteroatoms. The highest BCUT2D eigenvalue weighted by Gasteiger charge is 2.29. The van der Waals surface area contributed by atoms with Crippen LogP contribution in [0.1, 0.15) is 37.8 Å². The number of rotatable bonds is 4. The lowest BCUT2D eigenvalue weighted by molar-refractivity contribution is -0.135. The zero-order valence-electron chi connectivity index (χ0n) is 14.6. The van der Waals surface area contributed by atoms with Gasteiger partial charge in [-0.3, -0.25) is 4.79 Å². The monoisotopic (exact) mass is 372 g/mol. The fourth-order valence-electron chi connectivity index (χ4n) is 2.97. The molecule has 134 valence electrons. The van der Waals surface area contributed by atoms with Crippen molar-refractivity contribution in [2.24, 2.45) is 5.92 Å². The zero-order valence-corrected chi connectivity index (χ0v) is 16.2. The second-order valence-corrected chi connectivity index (χ2v) is 8.86. The molecule has 1 aliphatic heterocycles. The molecule has 5 nitrogen and oxygen atoms in total. The summed E-state index contributed by atoms with van der Waals surface area (Å²) in [5.41, 5.74) is 1.34. The van der Waals surface area contributed by atoms with Gasteiger partial charge in [0.15, 0.2) is 0 Å². The topological polar surface area (TPSA) is 66.5 Å². The number of likely N-dealkylation sites (tertiary alicyclic amines) is 1. The van der Waals surface area contributed by atoms with Crippen molar-refractivity contribution in [1.82, 2.24) is 9.62 Å². The van der Waals surface area contributed by atoms with E-state index in [1.54, 1.807) is 30.9 Å². The summed E-state index contributed by atoms with van der Waals surface area (Å²) in [5.74, 6) is -0.0149. The third kappa shape index (κ3) is 4.29. The summed E-state index contributed by atoms with van der Waals surface area (Å²) in [6, 6.07) is 3.00. The van der Waals surface area contributed by atoms with Gasteiger partial charge in [-0.25, -0.2) is 13.1 Å². The number of hydrogen-bond donors (Lipinski definition) is 1. The molecule has 1 amide bonds. The van der Waals surface area contributed by atoms with Crippen molar-refractivity contribution in [3.8, 4) is 0 Å². The summed E-state index contributed by atoms with van der Waals surface area (Å²) >= 11 is 6.05. The fourth-order valence-corrected chi connectivity index (χ4v) is 4.76. The Hall–Kier alpha value is -1.11. The van der Waals surface area contributed by atoms with Crippen LogP contribution in [0.2, 0.25) is 5.02 Å². The highest BCUT2D eigenvalue weighted by molar-refractivity contribution is 7.89. The quantitative estimate of drug-likeness (QED) is 0.883. The van der Waals surface area contributed by atoms with Gasteiger partial charge in [-0.15, -0.1) is 0 Å². The first kappa shape index (κ1) is 19.2. The number of carbonyl (C=O) groups is 1. The van der Waals surface area contributed by atoms with Crippen molar-refractivity contribution in [2.45, 2.75) is 51.5 Å². The fraction of sp³-hybridized carbons (Fsp3) is 0.588. The SMILES string of the molecule is Cc1cc(S(=O)(=O)NC2CCCN(C(=O)C(C)C)C2)c(C)cc1Cl. The van der Waals surface area contributed by atoms with Crippen molar-refractivity contribution in [2.75, 3.05) is 13.1 Å². The third-order valence-electron chi connectivity index (χ3n) is 4.29. The summed E-state index contributed by atoms with van der Waals surface area (Å²) in [6.07, 6.45) is 1.52. The largest absolute Gasteiger partial charge is 0.341 e. The van der Waals surface area contributed by atoms with Gasteiger partial charge in [-0.05, 0) is 49.9 Å². The number of aryl methyl sites for hydroxylation is 2. The average molecular weight is 373 g/mol. The lowest BCUT2D eigenvalue weighted by Crippen LogP contribution is -2.50. The summed E-state index contributed by atoms with van der Waals surface area (Å²) in [5, 5.41) is 0.554. The summed E-state index contributed by atoms with van der Waals surface area (Å²) in [7, 11) is -3.65. The number of sulfonamides is 1. The van der Waals surface area contributed by atoms with E-state index in [1.807, 2.05) is 13.8 Å². The molecule has 1 fully saturated rings. The molecule has 0 spiro atoms. The molecule has 1 saturated heterocycles.